The fraction of sp³-hybridized carbons (Fsp3) is 0.235. The number of hydrogen-bond acceptors (Lipinski definition) is 9. The molecular formula is C17H14ClFN8O3. The lowest BCUT2D eigenvalue weighted by Crippen LogP contribution is -2.29. The number of nitrogens with one attached hydrogen (secondary N) is 2. The van der Waals surface area contributed by atoms with Gasteiger partial charge in [0.2, 0.25) is 0 Å². The molecule has 0 radical (unpaired) electrons. The Labute approximate surface area is 172 Å². The molecular weight excluding hydrogens is 419 g/mol. The number of aliphatic hydroxyl groups excluding tert-OH is 2. The van der Waals surface area contributed by atoms with E-state index in [4.69, 9.17) is 16.3 Å². The third-order valence-corrected chi connectivity index (χ3v) is 5.00. The van der Waals surface area contributed by atoms with E-state index in [2.05, 4.69) is 35.5 Å². The highest BCUT2D eigenvalue weighted by Gasteiger charge is 2.46. The molecule has 30 heavy (non-hydrogen) atoms. The molecule has 0 spiro atoms. The van der Waals surface area contributed by atoms with Gasteiger partial charge in [-0.25, -0.2) is 19.3 Å². The lowest BCUT2D eigenvalue weighted by atomic mass is 10.1. The minimum absolute atomic E-state index is 0.159. The normalized spacial score (nSPS) is 23.9. The monoisotopic (exact) mass is 432 g/mol. The summed E-state index contributed by atoms with van der Waals surface area (Å²) in [5, 5.41) is 31.5. The topological polar surface area (TPSA) is 147 Å². The first kappa shape index (κ1) is 18.8. The summed E-state index contributed by atoms with van der Waals surface area (Å²) in [5.41, 5.74) is 0.795. The Hall–Kier alpha value is -3.19. The number of aromatic amines is 1. The molecule has 0 bridgehead atoms. The Morgan fingerprint density at radius 1 is 1.20 bits per heavy atom. The first-order valence-electron chi connectivity index (χ1n) is 8.80. The van der Waals surface area contributed by atoms with Gasteiger partial charge in [0.05, 0.1) is 12.0 Å². The van der Waals surface area contributed by atoms with Gasteiger partial charge in [-0.2, -0.15) is 0 Å². The van der Waals surface area contributed by atoms with Crippen LogP contribution < -0.4 is 5.32 Å². The van der Waals surface area contributed by atoms with Gasteiger partial charge >= 0.3 is 0 Å². The average molecular weight is 433 g/mol. The predicted molar refractivity (Wildman–Crippen MR) is 101 cm³/mol. The van der Waals surface area contributed by atoms with Crippen molar-refractivity contribution in [1.82, 2.24) is 34.7 Å². The lowest BCUT2D eigenvalue weighted by molar-refractivity contribution is -0.0382. The van der Waals surface area contributed by atoms with Crippen LogP contribution in [0, 0.1) is 5.82 Å². The van der Waals surface area contributed by atoms with Crippen LogP contribution in [0.25, 0.3) is 11.2 Å². The molecule has 0 unspecified atom stereocenters. The van der Waals surface area contributed by atoms with Crippen molar-refractivity contribution in [3.05, 3.63) is 53.8 Å². The quantitative estimate of drug-likeness (QED) is 0.376. The minimum Gasteiger partial charge on any atom is -0.387 e. The molecule has 3 aromatic heterocycles. The summed E-state index contributed by atoms with van der Waals surface area (Å²) < 4.78 is 21.4. The van der Waals surface area contributed by atoms with Gasteiger partial charge in [0.15, 0.2) is 29.0 Å². The van der Waals surface area contributed by atoms with Crippen molar-refractivity contribution in [3.63, 3.8) is 0 Å². The predicted octanol–water partition coefficient (Wildman–Crippen LogP) is 1.47. The van der Waals surface area contributed by atoms with Gasteiger partial charge in [0, 0.05) is 5.02 Å². The fourth-order valence-electron chi connectivity index (χ4n) is 3.32. The molecule has 1 aliphatic rings. The minimum atomic E-state index is -1.28. The molecule has 0 saturated carbocycles. The van der Waals surface area contributed by atoms with E-state index < -0.39 is 30.4 Å². The number of imidazole rings is 1. The van der Waals surface area contributed by atoms with E-state index in [-0.39, 0.29) is 22.4 Å². The number of fused-ring (bicyclic) bond motifs is 1. The Kier molecular flexibility index (Phi) is 4.55. The SMILES string of the molecule is O[C@@H]1[C@H](O)[C@@H](c2nnc[nH]2)O[C@H]1n1cnc2c(Nc3ccc(Cl)cc3F)ncnc21. The highest BCUT2D eigenvalue weighted by atomic mass is 35.5. The highest BCUT2D eigenvalue weighted by molar-refractivity contribution is 6.30. The molecule has 5 rings (SSSR count). The number of hydrogen-bond donors (Lipinski definition) is 4. The molecule has 11 nitrogen and oxygen atoms in total. The van der Waals surface area contributed by atoms with Crippen LogP contribution >= 0.6 is 11.6 Å². The molecule has 1 saturated heterocycles. The van der Waals surface area contributed by atoms with Crippen LogP contribution in [0.3, 0.4) is 0 Å². The van der Waals surface area contributed by atoms with Gasteiger partial charge < -0.3 is 25.3 Å². The molecule has 0 amide bonds. The Bertz CT molecular complexity index is 1200. The molecule has 13 heteroatoms. The molecule has 4 N–H and O–H groups in total. The van der Waals surface area contributed by atoms with Crippen LogP contribution in [0.15, 0.2) is 37.2 Å². The standard InChI is InChI=1S/C17H14ClFN8O3/c18-7-1-2-9(8(19)3-7)25-14-10-16(22-4-20-14)27(6-23-10)17-12(29)11(28)13(30-17)15-21-5-24-26-15/h1-6,11-13,17,28-29H,(H,20,22,25)(H,21,24,26)/t11-,12+,13-,17+/m0/s1. The van der Waals surface area contributed by atoms with Gasteiger partial charge in [-0.15, -0.1) is 10.2 Å². The second-order valence-electron chi connectivity index (χ2n) is 6.60. The number of aromatic nitrogens is 7. The zero-order valence-electron chi connectivity index (χ0n) is 15.0. The Balaban J connectivity index is 1.49. The van der Waals surface area contributed by atoms with Crippen LogP contribution in [0.5, 0.6) is 0 Å². The van der Waals surface area contributed by atoms with E-state index in [1.165, 1.54) is 41.7 Å². The smallest absolute Gasteiger partial charge is 0.167 e. The number of halogens is 2. The van der Waals surface area contributed by atoms with E-state index in [1.54, 1.807) is 0 Å². The van der Waals surface area contributed by atoms with Gasteiger partial charge in [-0.1, -0.05) is 11.6 Å². The number of anilines is 2. The second kappa shape index (κ2) is 7.25. The lowest BCUT2D eigenvalue weighted by Gasteiger charge is -2.16. The van der Waals surface area contributed by atoms with Crippen LogP contribution in [0.4, 0.5) is 15.9 Å². The van der Waals surface area contributed by atoms with Crippen LogP contribution in [-0.2, 0) is 4.74 Å². The second-order valence-corrected chi connectivity index (χ2v) is 7.03. The molecule has 1 aromatic carbocycles. The Morgan fingerprint density at radius 3 is 2.83 bits per heavy atom. The van der Waals surface area contributed by atoms with Crippen molar-refractivity contribution in [2.24, 2.45) is 0 Å². The van der Waals surface area contributed by atoms with Crippen LogP contribution in [-0.4, -0.2) is 57.1 Å². The number of aliphatic hydroxyl groups is 2. The van der Waals surface area contributed by atoms with E-state index in [9.17, 15) is 14.6 Å². The number of nitrogens with zero attached hydrogens (tertiary/aromatic N) is 6. The van der Waals surface area contributed by atoms with Crippen molar-refractivity contribution in [2.75, 3.05) is 5.32 Å². The van der Waals surface area contributed by atoms with E-state index in [0.717, 1.165) is 0 Å². The van der Waals surface area contributed by atoms with E-state index >= 15 is 0 Å². The van der Waals surface area contributed by atoms with Gasteiger partial charge in [0.25, 0.3) is 0 Å². The summed E-state index contributed by atoms with van der Waals surface area (Å²) in [7, 11) is 0. The average Bonchev–Trinajstić information content (AvgIpc) is 3.45. The van der Waals surface area contributed by atoms with Crippen molar-refractivity contribution >= 4 is 34.3 Å². The third kappa shape index (κ3) is 3.06. The van der Waals surface area contributed by atoms with Crippen LogP contribution in [0.1, 0.15) is 18.2 Å². The highest BCUT2D eigenvalue weighted by Crippen LogP contribution is 2.38. The molecule has 0 aliphatic carbocycles. The zero-order chi connectivity index (χ0) is 20.8. The van der Waals surface area contributed by atoms with Gasteiger partial charge in [0.1, 0.15) is 36.8 Å². The van der Waals surface area contributed by atoms with E-state index in [1.807, 2.05) is 0 Å². The largest absolute Gasteiger partial charge is 0.387 e. The van der Waals surface area contributed by atoms with Crippen molar-refractivity contribution in [2.45, 2.75) is 24.5 Å². The van der Waals surface area contributed by atoms with E-state index in [0.29, 0.717) is 11.2 Å². The summed E-state index contributed by atoms with van der Waals surface area (Å²) in [6.07, 6.45) is -0.420. The maximum Gasteiger partial charge on any atom is 0.167 e. The summed E-state index contributed by atoms with van der Waals surface area (Å²) in [5.74, 6) is -0.0234. The summed E-state index contributed by atoms with van der Waals surface area (Å²) >= 11 is 5.79. The van der Waals surface area contributed by atoms with Crippen molar-refractivity contribution in [1.29, 1.82) is 0 Å². The maximum atomic E-state index is 14.1. The molecule has 154 valence electrons. The number of benzene rings is 1. The molecule has 4 aromatic rings. The van der Waals surface area contributed by atoms with Crippen molar-refractivity contribution in [3.8, 4) is 0 Å². The third-order valence-electron chi connectivity index (χ3n) is 4.76. The number of rotatable bonds is 4. The van der Waals surface area contributed by atoms with Gasteiger partial charge in [-0.3, -0.25) is 4.57 Å². The zero-order valence-corrected chi connectivity index (χ0v) is 15.8. The summed E-state index contributed by atoms with van der Waals surface area (Å²) in [6.45, 7) is 0. The maximum absolute atomic E-state index is 14.1. The number of ether oxygens (including phenoxy) is 1. The molecule has 4 atom stereocenters. The summed E-state index contributed by atoms with van der Waals surface area (Å²) in [6, 6.07) is 4.19. The van der Waals surface area contributed by atoms with Crippen LogP contribution in [0.2, 0.25) is 5.02 Å². The molecule has 1 aliphatic heterocycles. The first-order chi connectivity index (χ1) is 14.5. The number of H-pyrrole nitrogens is 1. The first-order valence-corrected chi connectivity index (χ1v) is 9.18. The van der Waals surface area contributed by atoms with Crippen molar-refractivity contribution < 1.29 is 19.3 Å². The Morgan fingerprint density at radius 2 is 2.07 bits per heavy atom. The molecule has 1 fully saturated rings. The fourth-order valence-corrected chi connectivity index (χ4v) is 3.48. The van der Waals surface area contributed by atoms with Gasteiger partial charge in [-0.05, 0) is 18.2 Å². The summed E-state index contributed by atoms with van der Waals surface area (Å²) in [4.78, 5) is 15.3. The molecule has 4 heterocycles.